The SMILES string of the molecule is CC1CN(C(=O)c2cc(F)c(F)cc2Br)CCC1N.Cl. The molecule has 7 heteroatoms. The van der Waals surface area contributed by atoms with E-state index in [4.69, 9.17) is 5.73 Å². The molecule has 1 amide bonds. The number of carbonyl (C=O) groups is 1. The fourth-order valence-corrected chi connectivity index (χ4v) is 2.69. The van der Waals surface area contributed by atoms with Gasteiger partial charge < -0.3 is 10.6 Å². The quantitative estimate of drug-likeness (QED) is 0.774. The first kappa shape index (κ1) is 17.3. The van der Waals surface area contributed by atoms with Crippen molar-refractivity contribution in [3.63, 3.8) is 0 Å². The summed E-state index contributed by atoms with van der Waals surface area (Å²) in [6, 6.07) is 1.99. The van der Waals surface area contributed by atoms with E-state index in [1.807, 2.05) is 6.92 Å². The van der Waals surface area contributed by atoms with E-state index in [9.17, 15) is 13.6 Å². The summed E-state index contributed by atoms with van der Waals surface area (Å²) in [6.45, 7) is 3.05. The van der Waals surface area contributed by atoms with Gasteiger partial charge in [0.25, 0.3) is 5.91 Å². The monoisotopic (exact) mass is 368 g/mol. The summed E-state index contributed by atoms with van der Waals surface area (Å²) in [5.41, 5.74) is 6.04. The molecule has 0 aromatic heterocycles. The van der Waals surface area contributed by atoms with Crippen LogP contribution in [0.25, 0.3) is 0 Å². The minimum atomic E-state index is -1.02. The largest absolute Gasteiger partial charge is 0.338 e. The van der Waals surface area contributed by atoms with Crippen molar-refractivity contribution in [1.29, 1.82) is 0 Å². The molecule has 0 aliphatic carbocycles. The average Bonchev–Trinajstić information content (AvgIpc) is 2.36. The van der Waals surface area contributed by atoms with Crippen molar-refractivity contribution in [3.05, 3.63) is 33.8 Å². The highest BCUT2D eigenvalue weighted by molar-refractivity contribution is 9.10. The number of nitrogens with zero attached hydrogens (tertiary/aromatic N) is 1. The number of likely N-dealkylation sites (tertiary alicyclic amines) is 1. The van der Waals surface area contributed by atoms with Crippen molar-refractivity contribution in [2.45, 2.75) is 19.4 Å². The molecule has 0 spiro atoms. The Kier molecular flexibility index (Phi) is 5.91. The van der Waals surface area contributed by atoms with E-state index in [0.29, 0.717) is 19.5 Å². The molecule has 112 valence electrons. The van der Waals surface area contributed by atoms with Crippen molar-refractivity contribution < 1.29 is 13.6 Å². The Labute approximate surface area is 131 Å². The first-order valence-corrected chi connectivity index (χ1v) is 6.89. The van der Waals surface area contributed by atoms with Gasteiger partial charge in [-0.3, -0.25) is 4.79 Å². The molecule has 1 heterocycles. The van der Waals surface area contributed by atoms with Crippen LogP contribution >= 0.6 is 28.3 Å². The number of carbonyl (C=O) groups excluding carboxylic acids is 1. The molecule has 1 aromatic rings. The molecule has 2 N–H and O–H groups in total. The lowest BCUT2D eigenvalue weighted by molar-refractivity contribution is 0.0662. The molecule has 1 fully saturated rings. The Morgan fingerprint density at radius 3 is 2.60 bits per heavy atom. The van der Waals surface area contributed by atoms with E-state index < -0.39 is 11.6 Å². The van der Waals surface area contributed by atoms with Crippen LogP contribution in [0.4, 0.5) is 8.78 Å². The minimum absolute atomic E-state index is 0. The highest BCUT2D eigenvalue weighted by atomic mass is 79.9. The number of benzene rings is 1. The minimum Gasteiger partial charge on any atom is -0.338 e. The van der Waals surface area contributed by atoms with E-state index >= 15 is 0 Å². The maximum atomic E-state index is 13.2. The fourth-order valence-electron chi connectivity index (χ4n) is 2.20. The number of piperidine rings is 1. The lowest BCUT2D eigenvalue weighted by Crippen LogP contribution is -2.48. The van der Waals surface area contributed by atoms with Gasteiger partial charge in [0.15, 0.2) is 11.6 Å². The molecular formula is C13H16BrClF2N2O. The molecule has 3 nitrogen and oxygen atoms in total. The number of hydrogen-bond acceptors (Lipinski definition) is 2. The van der Waals surface area contributed by atoms with Gasteiger partial charge in [0.05, 0.1) is 5.56 Å². The van der Waals surface area contributed by atoms with E-state index in [-0.39, 0.29) is 40.3 Å². The van der Waals surface area contributed by atoms with Crippen molar-refractivity contribution >= 4 is 34.2 Å². The van der Waals surface area contributed by atoms with Crippen LogP contribution in [-0.2, 0) is 0 Å². The van der Waals surface area contributed by atoms with E-state index in [2.05, 4.69) is 15.9 Å². The summed E-state index contributed by atoms with van der Waals surface area (Å²) < 4.78 is 26.5. The van der Waals surface area contributed by atoms with Crippen LogP contribution < -0.4 is 5.73 Å². The summed E-state index contributed by atoms with van der Waals surface area (Å²) >= 11 is 3.10. The lowest BCUT2D eigenvalue weighted by atomic mass is 9.94. The number of hydrogen-bond donors (Lipinski definition) is 1. The van der Waals surface area contributed by atoms with Crippen molar-refractivity contribution in [1.82, 2.24) is 4.90 Å². The third kappa shape index (κ3) is 3.48. The number of nitrogens with two attached hydrogens (primary N) is 1. The predicted molar refractivity (Wildman–Crippen MR) is 79.0 cm³/mol. The van der Waals surface area contributed by atoms with Crippen molar-refractivity contribution in [3.8, 4) is 0 Å². The van der Waals surface area contributed by atoms with Crippen molar-refractivity contribution in [2.75, 3.05) is 13.1 Å². The maximum Gasteiger partial charge on any atom is 0.255 e. The molecule has 1 aromatic carbocycles. The van der Waals surface area contributed by atoms with Gasteiger partial charge in [-0.2, -0.15) is 0 Å². The second kappa shape index (κ2) is 6.83. The highest BCUT2D eigenvalue weighted by Crippen LogP contribution is 2.24. The third-order valence-corrected chi connectivity index (χ3v) is 4.16. The van der Waals surface area contributed by atoms with E-state index in [0.717, 1.165) is 12.1 Å². The summed E-state index contributed by atoms with van der Waals surface area (Å²) in [7, 11) is 0. The smallest absolute Gasteiger partial charge is 0.255 e. The second-order valence-corrected chi connectivity index (χ2v) is 5.78. The number of rotatable bonds is 1. The van der Waals surface area contributed by atoms with E-state index in [1.54, 1.807) is 4.90 Å². The molecule has 0 radical (unpaired) electrons. The predicted octanol–water partition coefficient (Wildman–Crippen LogP) is 2.96. The van der Waals surface area contributed by atoms with Gasteiger partial charge >= 0.3 is 0 Å². The lowest BCUT2D eigenvalue weighted by Gasteiger charge is -2.35. The standard InChI is InChI=1S/C13H15BrF2N2O.ClH/c1-7-6-18(3-2-12(7)17)13(19)8-4-10(15)11(16)5-9(8)14;/h4-5,7,12H,2-3,6,17H2,1H3;1H. The molecule has 20 heavy (non-hydrogen) atoms. The third-order valence-electron chi connectivity index (χ3n) is 3.50. The second-order valence-electron chi connectivity index (χ2n) is 4.93. The van der Waals surface area contributed by atoms with Crippen LogP contribution in [-0.4, -0.2) is 29.9 Å². The van der Waals surface area contributed by atoms with Crippen LogP contribution in [0, 0.1) is 17.6 Å². The molecule has 1 aliphatic rings. The Balaban J connectivity index is 0.00000200. The van der Waals surface area contributed by atoms with E-state index in [1.165, 1.54) is 0 Å². The normalized spacial score (nSPS) is 22.4. The summed E-state index contributed by atoms with van der Waals surface area (Å²) in [4.78, 5) is 13.9. The van der Waals surface area contributed by atoms with Gasteiger partial charge in [-0.05, 0) is 40.4 Å². The number of amides is 1. The summed E-state index contributed by atoms with van der Waals surface area (Å²) in [5, 5.41) is 0. The van der Waals surface area contributed by atoms with Gasteiger partial charge in [0.1, 0.15) is 0 Å². The van der Waals surface area contributed by atoms with Crippen LogP contribution in [0.15, 0.2) is 16.6 Å². The van der Waals surface area contributed by atoms with Crippen LogP contribution in [0.5, 0.6) is 0 Å². The zero-order valence-electron chi connectivity index (χ0n) is 10.9. The number of halogens is 4. The van der Waals surface area contributed by atoms with Gasteiger partial charge in [0.2, 0.25) is 0 Å². The first-order valence-electron chi connectivity index (χ1n) is 6.09. The van der Waals surface area contributed by atoms with Crippen LogP contribution in [0.3, 0.4) is 0 Å². The Morgan fingerprint density at radius 1 is 1.40 bits per heavy atom. The molecule has 2 unspecified atom stereocenters. The van der Waals surface area contributed by atoms with Gasteiger partial charge in [0, 0.05) is 23.6 Å². The summed E-state index contributed by atoms with van der Waals surface area (Å²) in [6.07, 6.45) is 0.716. The molecule has 1 saturated heterocycles. The molecule has 1 aliphatic heterocycles. The van der Waals surface area contributed by atoms with Gasteiger partial charge in [-0.25, -0.2) is 8.78 Å². The topological polar surface area (TPSA) is 46.3 Å². The van der Waals surface area contributed by atoms with Gasteiger partial charge in [-0.15, -0.1) is 12.4 Å². The molecular weight excluding hydrogens is 354 g/mol. The van der Waals surface area contributed by atoms with Crippen molar-refractivity contribution in [2.24, 2.45) is 11.7 Å². The first-order chi connectivity index (χ1) is 8.90. The molecule has 0 saturated carbocycles. The summed E-state index contributed by atoms with van der Waals surface area (Å²) in [5.74, 6) is -2.10. The Morgan fingerprint density at radius 2 is 2.00 bits per heavy atom. The average molecular weight is 370 g/mol. The Bertz CT molecular complexity index is 515. The fraction of sp³-hybridized carbons (Fsp3) is 0.462. The molecule has 0 bridgehead atoms. The zero-order chi connectivity index (χ0) is 14.2. The maximum absolute atomic E-state index is 13.2. The zero-order valence-corrected chi connectivity index (χ0v) is 13.3. The Hall–Kier alpha value is -0.720. The van der Waals surface area contributed by atoms with Crippen LogP contribution in [0.2, 0.25) is 0 Å². The van der Waals surface area contributed by atoms with Gasteiger partial charge in [-0.1, -0.05) is 6.92 Å². The molecule has 2 atom stereocenters. The highest BCUT2D eigenvalue weighted by Gasteiger charge is 2.28. The molecule has 2 rings (SSSR count). The van der Waals surface area contributed by atoms with Crippen LogP contribution in [0.1, 0.15) is 23.7 Å².